The van der Waals surface area contributed by atoms with Crippen molar-refractivity contribution >= 4 is 24.1 Å². The number of benzene rings is 1. The van der Waals surface area contributed by atoms with Crippen LogP contribution < -0.4 is 15.4 Å². The minimum Gasteiger partial charge on any atom is -0.497 e. The number of Topliss-reactive ketones (excluding diaryl/α,β-unsaturated/α-hetero) is 1. The number of nitrogens with one attached hydrogen (secondary N) is 2. The van der Waals surface area contributed by atoms with Crippen molar-refractivity contribution < 1.29 is 14.3 Å². The summed E-state index contributed by atoms with van der Waals surface area (Å²) in [6.45, 7) is 6.00. The van der Waals surface area contributed by atoms with Gasteiger partial charge >= 0.3 is 0 Å². The van der Waals surface area contributed by atoms with Crippen LogP contribution in [0.1, 0.15) is 36.0 Å². The maximum absolute atomic E-state index is 12.1. The highest BCUT2D eigenvalue weighted by molar-refractivity contribution is 5.96. The van der Waals surface area contributed by atoms with Gasteiger partial charge in [-0.25, -0.2) is 0 Å². The van der Waals surface area contributed by atoms with Crippen LogP contribution in [0.4, 0.5) is 0 Å². The maximum atomic E-state index is 12.1. The van der Waals surface area contributed by atoms with E-state index in [2.05, 4.69) is 15.5 Å². The zero-order valence-corrected chi connectivity index (χ0v) is 16.3. The Hall–Kier alpha value is -1.63. The number of ether oxygens (including phenoxy) is 1. The van der Waals surface area contributed by atoms with E-state index in [-0.39, 0.29) is 24.1 Å². The van der Waals surface area contributed by atoms with E-state index in [1.807, 2.05) is 0 Å². The Morgan fingerprint density at radius 3 is 2.46 bits per heavy atom. The number of hydrogen-bond acceptors (Lipinski definition) is 5. The number of rotatable bonds is 10. The lowest BCUT2D eigenvalue weighted by molar-refractivity contribution is -0.121. The fourth-order valence-corrected chi connectivity index (χ4v) is 2.88. The highest BCUT2D eigenvalue weighted by Gasteiger charge is 2.10. The minimum atomic E-state index is 0. The molecule has 1 aliphatic rings. The third kappa shape index (κ3) is 8.17. The quantitative estimate of drug-likeness (QED) is 0.477. The molecule has 7 heteroatoms. The number of amides is 1. The van der Waals surface area contributed by atoms with Gasteiger partial charge in [-0.2, -0.15) is 0 Å². The van der Waals surface area contributed by atoms with Crippen molar-refractivity contribution in [3.63, 3.8) is 0 Å². The van der Waals surface area contributed by atoms with Crippen molar-refractivity contribution in [2.24, 2.45) is 0 Å². The van der Waals surface area contributed by atoms with Crippen molar-refractivity contribution in [1.29, 1.82) is 0 Å². The molecule has 26 heavy (non-hydrogen) atoms. The van der Waals surface area contributed by atoms with E-state index in [0.29, 0.717) is 31.4 Å². The molecule has 0 radical (unpaired) electrons. The first kappa shape index (κ1) is 22.4. The number of ketones is 1. The lowest BCUT2D eigenvalue weighted by Gasteiger charge is -2.27. The van der Waals surface area contributed by atoms with E-state index in [4.69, 9.17) is 4.74 Å². The molecule has 1 aromatic rings. The molecule has 0 aliphatic carbocycles. The van der Waals surface area contributed by atoms with Crippen molar-refractivity contribution in [2.45, 2.75) is 25.7 Å². The SMILES string of the molecule is COc1ccc(C(=O)CCCC(=O)NCCCN2CCNCC2)cc1.Cl. The fraction of sp³-hybridized carbons (Fsp3) is 0.579. The standard InChI is InChI=1S/C19H29N3O3.ClH/c1-25-17-8-6-16(7-9-17)18(23)4-2-5-19(24)21-10-3-13-22-14-11-20-12-15-22;/h6-9,20H,2-5,10-15H2,1H3,(H,21,24);1H. The Morgan fingerprint density at radius 2 is 1.81 bits per heavy atom. The van der Waals surface area contributed by atoms with Crippen LogP contribution in [0.15, 0.2) is 24.3 Å². The first-order valence-electron chi connectivity index (χ1n) is 9.06. The van der Waals surface area contributed by atoms with E-state index < -0.39 is 0 Å². The number of halogens is 1. The summed E-state index contributed by atoms with van der Waals surface area (Å²) in [5.41, 5.74) is 0.664. The van der Waals surface area contributed by atoms with E-state index in [1.165, 1.54) is 0 Å². The summed E-state index contributed by atoms with van der Waals surface area (Å²) in [4.78, 5) is 26.3. The van der Waals surface area contributed by atoms with Gasteiger partial charge in [0.25, 0.3) is 0 Å². The molecule has 6 nitrogen and oxygen atoms in total. The second-order valence-electron chi connectivity index (χ2n) is 6.30. The molecule has 1 amide bonds. The maximum Gasteiger partial charge on any atom is 0.220 e. The Morgan fingerprint density at radius 1 is 1.12 bits per heavy atom. The third-order valence-corrected chi connectivity index (χ3v) is 4.40. The molecule has 1 saturated heterocycles. The number of methoxy groups -OCH3 is 1. The summed E-state index contributed by atoms with van der Waals surface area (Å²) in [5.74, 6) is 0.828. The molecule has 0 aromatic heterocycles. The van der Waals surface area contributed by atoms with E-state index in [0.717, 1.165) is 44.9 Å². The second-order valence-corrected chi connectivity index (χ2v) is 6.30. The van der Waals surface area contributed by atoms with Crippen LogP contribution in [-0.2, 0) is 4.79 Å². The van der Waals surface area contributed by atoms with Crippen molar-refractivity contribution in [2.75, 3.05) is 46.4 Å². The molecule has 1 aliphatic heterocycles. The van der Waals surface area contributed by atoms with Gasteiger partial charge in [-0.15, -0.1) is 12.4 Å². The Labute approximate surface area is 162 Å². The highest BCUT2D eigenvalue weighted by Crippen LogP contribution is 2.13. The van der Waals surface area contributed by atoms with Crippen LogP contribution in [0, 0.1) is 0 Å². The predicted molar refractivity (Wildman–Crippen MR) is 105 cm³/mol. The minimum absolute atomic E-state index is 0. The summed E-state index contributed by atoms with van der Waals surface area (Å²) in [7, 11) is 1.60. The average molecular weight is 384 g/mol. The molecule has 0 spiro atoms. The molecule has 0 saturated carbocycles. The van der Waals surface area contributed by atoms with E-state index in [9.17, 15) is 9.59 Å². The smallest absolute Gasteiger partial charge is 0.220 e. The van der Waals surface area contributed by atoms with Crippen LogP contribution in [0.2, 0.25) is 0 Å². The first-order valence-corrected chi connectivity index (χ1v) is 9.06. The zero-order valence-electron chi connectivity index (χ0n) is 15.5. The summed E-state index contributed by atoms with van der Waals surface area (Å²) in [5, 5.41) is 6.27. The number of nitrogens with zero attached hydrogens (tertiary/aromatic N) is 1. The summed E-state index contributed by atoms with van der Waals surface area (Å²) < 4.78 is 5.08. The fourth-order valence-electron chi connectivity index (χ4n) is 2.88. The van der Waals surface area contributed by atoms with Crippen LogP contribution >= 0.6 is 12.4 Å². The molecule has 2 rings (SSSR count). The van der Waals surface area contributed by atoms with Gasteiger partial charge in [-0.3, -0.25) is 9.59 Å². The molecular weight excluding hydrogens is 354 g/mol. The van der Waals surface area contributed by atoms with Crippen molar-refractivity contribution in [1.82, 2.24) is 15.5 Å². The molecular formula is C19H30ClN3O3. The lowest BCUT2D eigenvalue weighted by Crippen LogP contribution is -2.44. The topological polar surface area (TPSA) is 70.7 Å². The van der Waals surface area contributed by atoms with Crippen molar-refractivity contribution in [3.8, 4) is 5.75 Å². The van der Waals surface area contributed by atoms with Gasteiger partial charge in [0, 0.05) is 51.1 Å². The number of hydrogen-bond donors (Lipinski definition) is 2. The van der Waals surface area contributed by atoms with Gasteiger partial charge in [-0.05, 0) is 43.7 Å². The molecule has 1 aromatic carbocycles. The number of carbonyl (C=O) groups is 2. The predicted octanol–water partition coefficient (Wildman–Crippen LogP) is 1.88. The summed E-state index contributed by atoms with van der Waals surface area (Å²) in [6, 6.07) is 7.07. The van der Waals surface area contributed by atoms with E-state index in [1.54, 1.807) is 31.4 Å². The van der Waals surface area contributed by atoms with Gasteiger partial charge in [-0.1, -0.05) is 0 Å². The van der Waals surface area contributed by atoms with Crippen LogP contribution in [0.5, 0.6) is 5.75 Å². The molecule has 0 unspecified atom stereocenters. The van der Waals surface area contributed by atoms with Crippen LogP contribution in [0.25, 0.3) is 0 Å². The average Bonchev–Trinajstić information content (AvgIpc) is 2.66. The van der Waals surface area contributed by atoms with E-state index >= 15 is 0 Å². The Bertz CT molecular complexity index is 545. The van der Waals surface area contributed by atoms with Gasteiger partial charge in [0.15, 0.2) is 5.78 Å². The Kier molecular flexibility index (Phi) is 10.9. The molecule has 146 valence electrons. The summed E-state index contributed by atoms with van der Waals surface area (Å²) in [6.07, 6.45) is 2.33. The van der Waals surface area contributed by atoms with Crippen LogP contribution in [-0.4, -0.2) is 63.0 Å². The molecule has 1 heterocycles. The Balaban J connectivity index is 0.00000338. The zero-order chi connectivity index (χ0) is 17.9. The second kappa shape index (κ2) is 12.7. The normalized spacial score (nSPS) is 14.3. The molecule has 0 atom stereocenters. The molecule has 0 bridgehead atoms. The van der Waals surface area contributed by atoms with Crippen LogP contribution in [0.3, 0.4) is 0 Å². The third-order valence-electron chi connectivity index (χ3n) is 4.40. The summed E-state index contributed by atoms with van der Waals surface area (Å²) >= 11 is 0. The number of carbonyl (C=O) groups excluding carboxylic acids is 2. The van der Waals surface area contributed by atoms with Gasteiger partial charge in [0.1, 0.15) is 5.75 Å². The monoisotopic (exact) mass is 383 g/mol. The highest BCUT2D eigenvalue weighted by atomic mass is 35.5. The number of piperazine rings is 1. The van der Waals surface area contributed by atoms with Crippen molar-refractivity contribution in [3.05, 3.63) is 29.8 Å². The van der Waals surface area contributed by atoms with Gasteiger partial charge in [0.05, 0.1) is 7.11 Å². The first-order chi connectivity index (χ1) is 12.2. The van der Waals surface area contributed by atoms with Gasteiger partial charge in [0.2, 0.25) is 5.91 Å². The largest absolute Gasteiger partial charge is 0.497 e. The molecule has 2 N–H and O–H groups in total. The van der Waals surface area contributed by atoms with Gasteiger partial charge < -0.3 is 20.3 Å². The lowest BCUT2D eigenvalue weighted by atomic mass is 10.1. The molecule has 1 fully saturated rings.